The number of methoxy groups -OCH3 is 1. The number of rotatable bonds is 5. The number of ether oxygens (including phenoxy) is 2. The van der Waals surface area contributed by atoms with Crippen molar-refractivity contribution in [2.24, 2.45) is 5.92 Å². The second-order valence-corrected chi connectivity index (χ2v) is 9.29. The molecule has 1 amide bonds. The Morgan fingerprint density at radius 2 is 1.91 bits per heavy atom. The Kier molecular flexibility index (Phi) is 6.04. The van der Waals surface area contributed by atoms with Crippen LogP contribution in [0.3, 0.4) is 0 Å². The van der Waals surface area contributed by atoms with E-state index < -0.39 is 11.2 Å². The van der Waals surface area contributed by atoms with E-state index in [1.54, 1.807) is 24.1 Å². The van der Waals surface area contributed by atoms with Gasteiger partial charge >= 0.3 is 5.63 Å². The zero-order valence-corrected chi connectivity index (χ0v) is 19.3. The Hall–Kier alpha value is -3.32. The van der Waals surface area contributed by atoms with Gasteiger partial charge in [-0.25, -0.2) is 4.79 Å². The van der Waals surface area contributed by atoms with Crippen LogP contribution in [-0.2, 0) is 4.79 Å². The maximum atomic E-state index is 12.8. The summed E-state index contributed by atoms with van der Waals surface area (Å²) >= 11 is 0. The predicted molar refractivity (Wildman–Crippen MR) is 128 cm³/mol. The van der Waals surface area contributed by atoms with Gasteiger partial charge in [-0.2, -0.15) is 0 Å². The molecule has 0 bridgehead atoms. The average Bonchev–Trinajstić information content (AvgIpc) is 2.86. The number of nitrogens with zero attached hydrogens (tertiary/aromatic N) is 1. The van der Waals surface area contributed by atoms with Gasteiger partial charge in [-0.05, 0) is 54.7 Å². The van der Waals surface area contributed by atoms with Crippen molar-refractivity contribution in [1.29, 1.82) is 0 Å². The van der Waals surface area contributed by atoms with Gasteiger partial charge in [0.2, 0.25) is 0 Å². The molecule has 7 heteroatoms. The van der Waals surface area contributed by atoms with Gasteiger partial charge < -0.3 is 23.9 Å². The van der Waals surface area contributed by atoms with Crippen molar-refractivity contribution in [3.63, 3.8) is 0 Å². The van der Waals surface area contributed by atoms with Gasteiger partial charge in [-0.1, -0.05) is 25.0 Å². The van der Waals surface area contributed by atoms with Crippen molar-refractivity contribution in [1.82, 2.24) is 4.90 Å². The molecule has 2 atom stereocenters. The van der Waals surface area contributed by atoms with Gasteiger partial charge in [0, 0.05) is 36.5 Å². The third-order valence-electron chi connectivity index (χ3n) is 7.26. The molecule has 7 nitrogen and oxygen atoms in total. The summed E-state index contributed by atoms with van der Waals surface area (Å²) in [5.74, 6) is 1.24. The first-order valence-corrected chi connectivity index (χ1v) is 11.8. The van der Waals surface area contributed by atoms with Gasteiger partial charge in [0.25, 0.3) is 5.91 Å². The number of carbonyl (C=O) groups is 1. The van der Waals surface area contributed by atoms with E-state index in [9.17, 15) is 14.7 Å². The molecule has 0 radical (unpaired) electrons. The lowest BCUT2D eigenvalue weighted by Gasteiger charge is -2.47. The van der Waals surface area contributed by atoms with Crippen molar-refractivity contribution < 1.29 is 23.8 Å². The standard InChI is InChI=1S/C27H29NO6/c1-32-20-7-5-18(6-8-20)23-15-26(30)34-24-14-21(9-10-22(23)24)33-17-25(29)28-13-12-27(31)11-3-2-4-19(27)16-28/h5-10,14-15,19,31H,2-4,11-13,16-17H2,1H3. The van der Waals surface area contributed by atoms with E-state index in [0.717, 1.165) is 47.9 Å². The molecule has 0 spiro atoms. The largest absolute Gasteiger partial charge is 0.497 e. The first kappa shape index (κ1) is 22.5. The van der Waals surface area contributed by atoms with Crippen LogP contribution in [0.25, 0.3) is 22.1 Å². The van der Waals surface area contributed by atoms with Gasteiger partial charge in [-0.15, -0.1) is 0 Å². The molecule has 5 rings (SSSR count). The molecule has 2 aliphatic rings. The SMILES string of the molecule is COc1ccc(-c2cc(=O)oc3cc(OCC(=O)N4CCC5(O)CCCCC5C4)ccc23)cc1. The molecular formula is C27H29NO6. The zero-order valence-electron chi connectivity index (χ0n) is 19.3. The fourth-order valence-electron chi connectivity index (χ4n) is 5.28. The smallest absolute Gasteiger partial charge is 0.336 e. The quantitative estimate of drug-likeness (QED) is 0.576. The van der Waals surface area contributed by atoms with E-state index >= 15 is 0 Å². The molecule has 1 saturated carbocycles. The van der Waals surface area contributed by atoms with Crippen molar-refractivity contribution in [3.8, 4) is 22.6 Å². The van der Waals surface area contributed by atoms with E-state index in [1.165, 1.54) is 6.07 Å². The number of piperidine rings is 1. The van der Waals surface area contributed by atoms with Crippen molar-refractivity contribution >= 4 is 16.9 Å². The lowest BCUT2D eigenvalue weighted by Crippen LogP contribution is -2.55. The molecule has 2 unspecified atom stereocenters. The van der Waals surface area contributed by atoms with Gasteiger partial charge in [0.1, 0.15) is 17.1 Å². The highest BCUT2D eigenvalue weighted by Gasteiger charge is 2.43. The number of fused-ring (bicyclic) bond motifs is 2. The summed E-state index contributed by atoms with van der Waals surface area (Å²) in [5, 5.41) is 11.6. The summed E-state index contributed by atoms with van der Waals surface area (Å²) in [6.07, 6.45) is 4.58. The Balaban J connectivity index is 1.30. The second kappa shape index (κ2) is 9.14. The van der Waals surface area contributed by atoms with Crippen LogP contribution >= 0.6 is 0 Å². The minimum Gasteiger partial charge on any atom is -0.497 e. The molecule has 2 fully saturated rings. The lowest BCUT2D eigenvalue weighted by molar-refractivity contribution is -0.145. The number of hydrogen-bond acceptors (Lipinski definition) is 6. The molecule has 2 aromatic carbocycles. The minimum atomic E-state index is -0.618. The van der Waals surface area contributed by atoms with Crippen LogP contribution in [0.1, 0.15) is 32.1 Å². The molecule has 1 saturated heterocycles. The number of likely N-dealkylation sites (tertiary alicyclic amines) is 1. The zero-order chi connectivity index (χ0) is 23.7. The fraction of sp³-hybridized carbons (Fsp3) is 0.407. The van der Waals surface area contributed by atoms with Crippen LogP contribution in [0.2, 0.25) is 0 Å². The summed E-state index contributed by atoms with van der Waals surface area (Å²) < 4.78 is 16.4. The Bertz CT molecular complexity index is 1250. The summed E-state index contributed by atoms with van der Waals surface area (Å²) in [7, 11) is 1.61. The van der Waals surface area contributed by atoms with Gasteiger partial charge in [-0.3, -0.25) is 4.79 Å². The highest BCUT2D eigenvalue weighted by atomic mass is 16.5. The molecule has 3 aromatic rings. The van der Waals surface area contributed by atoms with E-state index in [-0.39, 0.29) is 18.4 Å². The fourth-order valence-corrected chi connectivity index (χ4v) is 5.28. The van der Waals surface area contributed by atoms with Crippen molar-refractivity contribution in [2.75, 3.05) is 26.8 Å². The van der Waals surface area contributed by atoms with Crippen LogP contribution in [0, 0.1) is 5.92 Å². The maximum Gasteiger partial charge on any atom is 0.336 e. The topological polar surface area (TPSA) is 89.2 Å². The van der Waals surface area contributed by atoms with Crippen molar-refractivity contribution in [3.05, 3.63) is 59.0 Å². The molecule has 1 aliphatic carbocycles. The number of amides is 1. The van der Waals surface area contributed by atoms with E-state index in [0.29, 0.717) is 30.8 Å². The number of carbonyl (C=O) groups excluding carboxylic acids is 1. The highest BCUT2D eigenvalue weighted by molar-refractivity contribution is 5.93. The first-order valence-electron chi connectivity index (χ1n) is 11.8. The summed E-state index contributed by atoms with van der Waals surface area (Å²) in [6.45, 7) is 1.03. The predicted octanol–water partition coefficient (Wildman–Crippen LogP) is 4.00. The number of benzene rings is 2. The molecule has 178 valence electrons. The van der Waals surface area contributed by atoms with Gasteiger partial charge in [0.15, 0.2) is 6.61 Å². The Labute approximate surface area is 197 Å². The Morgan fingerprint density at radius 1 is 1.12 bits per heavy atom. The third kappa shape index (κ3) is 4.40. The van der Waals surface area contributed by atoms with Crippen LogP contribution in [-0.4, -0.2) is 48.3 Å². The molecule has 1 N–H and O–H groups in total. The summed E-state index contributed by atoms with van der Waals surface area (Å²) in [5.41, 5.74) is 0.946. The van der Waals surface area contributed by atoms with Crippen LogP contribution < -0.4 is 15.1 Å². The lowest BCUT2D eigenvalue weighted by atomic mass is 9.71. The molecule has 34 heavy (non-hydrogen) atoms. The van der Waals surface area contributed by atoms with E-state index in [2.05, 4.69) is 0 Å². The van der Waals surface area contributed by atoms with Crippen LogP contribution in [0.15, 0.2) is 57.7 Å². The molecular weight excluding hydrogens is 434 g/mol. The normalized spacial score (nSPS) is 22.3. The summed E-state index contributed by atoms with van der Waals surface area (Å²) in [6, 6.07) is 14.2. The number of aliphatic hydroxyl groups is 1. The second-order valence-electron chi connectivity index (χ2n) is 9.29. The summed E-state index contributed by atoms with van der Waals surface area (Å²) in [4.78, 5) is 26.8. The highest BCUT2D eigenvalue weighted by Crippen LogP contribution is 2.39. The minimum absolute atomic E-state index is 0.0962. The van der Waals surface area contributed by atoms with Crippen LogP contribution in [0.4, 0.5) is 0 Å². The first-order chi connectivity index (χ1) is 16.4. The molecule has 1 aromatic heterocycles. The van der Waals surface area contributed by atoms with Crippen molar-refractivity contribution in [2.45, 2.75) is 37.7 Å². The van der Waals surface area contributed by atoms with Crippen LogP contribution in [0.5, 0.6) is 11.5 Å². The third-order valence-corrected chi connectivity index (χ3v) is 7.26. The Morgan fingerprint density at radius 3 is 2.71 bits per heavy atom. The molecule has 1 aliphatic heterocycles. The average molecular weight is 464 g/mol. The van der Waals surface area contributed by atoms with E-state index in [1.807, 2.05) is 30.3 Å². The molecule has 2 heterocycles. The van der Waals surface area contributed by atoms with E-state index in [4.69, 9.17) is 13.9 Å². The van der Waals surface area contributed by atoms with Gasteiger partial charge in [0.05, 0.1) is 12.7 Å². The number of hydrogen-bond donors (Lipinski definition) is 1. The maximum absolute atomic E-state index is 12.8. The monoisotopic (exact) mass is 463 g/mol.